The number of hydrogen-bond acceptors (Lipinski definition) is 6. The molecule has 1 aliphatic heterocycles. The Bertz CT molecular complexity index is 690. The van der Waals surface area contributed by atoms with Gasteiger partial charge in [-0.3, -0.25) is 4.90 Å². The zero-order chi connectivity index (χ0) is 19.6. The summed E-state index contributed by atoms with van der Waals surface area (Å²) in [5, 5.41) is 10.2. The molecule has 1 unspecified atom stereocenters. The van der Waals surface area contributed by atoms with Crippen molar-refractivity contribution in [2.45, 2.75) is 6.10 Å². The largest absolute Gasteiger partial charge is 0.497 e. The maximum atomic E-state index is 10.2. The predicted octanol–water partition coefficient (Wildman–Crippen LogP) is 2.27. The average Bonchev–Trinajstić information content (AvgIpc) is 2.75. The summed E-state index contributed by atoms with van der Waals surface area (Å²) in [6.45, 7) is 5.69. The lowest BCUT2D eigenvalue weighted by Gasteiger charge is -2.36. The number of benzene rings is 2. The molecule has 0 spiro atoms. The molecule has 0 radical (unpaired) electrons. The van der Waals surface area contributed by atoms with Crippen LogP contribution in [0.25, 0.3) is 0 Å². The molecule has 1 aliphatic rings. The first-order valence-corrected chi connectivity index (χ1v) is 9.79. The van der Waals surface area contributed by atoms with Gasteiger partial charge < -0.3 is 24.2 Å². The minimum Gasteiger partial charge on any atom is -0.497 e. The van der Waals surface area contributed by atoms with E-state index in [9.17, 15) is 5.11 Å². The van der Waals surface area contributed by atoms with Crippen molar-refractivity contribution in [1.29, 1.82) is 0 Å². The van der Waals surface area contributed by atoms with E-state index < -0.39 is 6.10 Å². The molecule has 6 nitrogen and oxygen atoms in total. The summed E-state index contributed by atoms with van der Waals surface area (Å²) >= 11 is 0. The van der Waals surface area contributed by atoms with E-state index in [0.717, 1.165) is 37.7 Å². The van der Waals surface area contributed by atoms with Crippen molar-refractivity contribution >= 4 is 5.69 Å². The van der Waals surface area contributed by atoms with Gasteiger partial charge in [-0.25, -0.2) is 0 Å². The van der Waals surface area contributed by atoms with Crippen molar-refractivity contribution < 1.29 is 19.3 Å². The quantitative estimate of drug-likeness (QED) is 0.633. The predicted molar refractivity (Wildman–Crippen MR) is 110 cm³/mol. The first kappa shape index (κ1) is 20.5. The summed E-state index contributed by atoms with van der Waals surface area (Å²) in [5.74, 6) is 1.51. The van der Waals surface area contributed by atoms with Gasteiger partial charge in [0.25, 0.3) is 0 Å². The normalized spacial score (nSPS) is 16.0. The van der Waals surface area contributed by atoms with Gasteiger partial charge in [-0.15, -0.1) is 0 Å². The molecule has 2 aromatic rings. The molecule has 1 atom stereocenters. The Morgan fingerprint density at radius 1 is 0.929 bits per heavy atom. The monoisotopic (exact) mass is 386 g/mol. The van der Waals surface area contributed by atoms with E-state index >= 15 is 0 Å². The Hall–Kier alpha value is -2.28. The lowest BCUT2D eigenvalue weighted by molar-refractivity contribution is 0.00717. The number of piperazine rings is 1. The van der Waals surface area contributed by atoms with Crippen LogP contribution in [0.5, 0.6) is 11.5 Å². The lowest BCUT2D eigenvalue weighted by Crippen LogP contribution is -2.49. The molecule has 0 aromatic heterocycles. The van der Waals surface area contributed by atoms with Crippen LogP contribution in [0, 0.1) is 0 Å². The number of aliphatic hydroxyl groups is 1. The van der Waals surface area contributed by atoms with E-state index in [1.54, 1.807) is 7.11 Å². The number of β-amino-alcohol motifs (C(OH)–C–C–N with tert-alkyl or cyclic N) is 1. The Morgan fingerprint density at radius 3 is 2.43 bits per heavy atom. The SMILES string of the molecule is COc1cccc(OCCOCC(O)CN2CCN(c3ccccc3)CC2)c1. The van der Waals surface area contributed by atoms with Crippen LogP contribution in [0.4, 0.5) is 5.69 Å². The third kappa shape index (κ3) is 6.41. The highest BCUT2D eigenvalue weighted by Gasteiger charge is 2.19. The maximum Gasteiger partial charge on any atom is 0.123 e. The van der Waals surface area contributed by atoms with Crippen LogP contribution in [-0.2, 0) is 4.74 Å². The molecule has 0 amide bonds. The number of rotatable bonds is 10. The summed E-state index contributed by atoms with van der Waals surface area (Å²) in [6.07, 6.45) is -0.486. The third-order valence-corrected chi connectivity index (χ3v) is 4.81. The Morgan fingerprint density at radius 2 is 1.68 bits per heavy atom. The summed E-state index contributed by atoms with van der Waals surface area (Å²) in [6, 6.07) is 17.9. The molecule has 2 aromatic carbocycles. The Labute approximate surface area is 167 Å². The fraction of sp³-hybridized carbons (Fsp3) is 0.455. The van der Waals surface area contributed by atoms with Gasteiger partial charge in [-0.1, -0.05) is 24.3 Å². The van der Waals surface area contributed by atoms with E-state index in [1.165, 1.54) is 5.69 Å². The summed E-state index contributed by atoms with van der Waals surface area (Å²) in [4.78, 5) is 4.68. The minimum atomic E-state index is -0.486. The number of ether oxygens (including phenoxy) is 3. The van der Waals surface area contributed by atoms with Crippen LogP contribution < -0.4 is 14.4 Å². The molecule has 1 saturated heterocycles. The van der Waals surface area contributed by atoms with Gasteiger partial charge in [0.15, 0.2) is 0 Å². The van der Waals surface area contributed by atoms with Crippen molar-refractivity contribution in [3.05, 3.63) is 54.6 Å². The smallest absolute Gasteiger partial charge is 0.123 e. The Balaban J connectivity index is 1.27. The molecule has 1 heterocycles. The molecule has 152 valence electrons. The zero-order valence-corrected chi connectivity index (χ0v) is 16.5. The molecule has 1 N–H and O–H groups in total. The van der Waals surface area contributed by atoms with Crippen molar-refractivity contribution in [2.24, 2.45) is 0 Å². The van der Waals surface area contributed by atoms with Gasteiger partial charge >= 0.3 is 0 Å². The van der Waals surface area contributed by atoms with E-state index in [-0.39, 0.29) is 0 Å². The molecular formula is C22H30N2O4. The number of hydrogen-bond donors (Lipinski definition) is 1. The van der Waals surface area contributed by atoms with Crippen LogP contribution in [0.15, 0.2) is 54.6 Å². The van der Waals surface area contributed by atoms with Crippen molar-refractivity contribution in [1.82, 2.24) is 4.90 Å². The second-order valence-corrected chi connectivity index (χ2v) is 6.88. The van der Waals surface area contributed by atoms with Crippen LogP contribution in [-0.4, -0.2) is 75.8 Å². The van der Waals surface area contributed by atoms with E-state index in [0.29, 0.717) is 26.4 Å². The van der Waals surface area contributed by atoms with Gasteiger partial charge in [0, 0.05) is 44.5 Å². The summed E-state index contributed by atoms with van der Waals surface area (Å²) in [7, 11) is 1.63. The highest BCUT2D eigenvalue weighted by Crippen LogP contribution is 2.18. The van der Waals surface area contributed by atoms with Crippen molar-refractivity contribution in [2.75, 3.05) is 64.6 Å². The average molecular weight is 386 g/mol. The molecule has 0 saturated carbocycles. The van der Waals surface area contributed by atoms with E-state index in [1.807, 2.05) is 30.3 Å². The third-order valence-electron chi connectivity index (χ3n) is 4.81. The van der Waals surface area contributed by atoms with Gasteiger partial charge in [0.1, 0.15) is 18.1 Å². The fourth-order valence-corrected chi connectivity index (χ4v) is 3.31. The highest BCUT2D eigenvalue weighted by atomic mass is 16.5. The zero-order valence-electron chi connectivity index (χ0n) is 16.5. The van der Waals surface area contributed by atoms with Crippen LogP contribution in [0.2, 0.25) is 0 Å². The number of methoxy groups -OCH3 is 1. The molecule has 0 aliphatic carbocycles. The molecular weight excluding hydrogens is 356 g/mol. The van der Waals surface area contributed by atoms with Crippen LogP contribution in [0.3, 0.4) is 0 Å². The van der Waals surface area contributed by atoms with Gasteiger partial charge in [0.2, 0.25) is 0 Å². The van der Waals surface area contributed by atoms with Crippen LogP contribution in [0.1, 0.15) is 0 Å². The summed E-state index contributed by atoms with van der Waals surface area (Å²) < 4.78 is 16.4. The molecule has 1 fully saturated rings. The number of nitrogens with zero attached hydrogens (tertiary/aromatic N) is 2. The second-order valence-electron chi connectivity index (χ2n) is 6.88. The number of para-hydroxylation sites is 1. The first-order chi connectivity index (χ1) is 13.7. The molecule has 3 rings (SSSR count). The minimum absolute atomic E-state index is 0.320. The fourth-order valence-electron chi connectivity index (χ4n) is 3.31. The summed E-state index contributed by atoms with van der Waals surface area (Å²) in [5.41, 5.74) is 1.27. The second kappa shape index (κ2) is 10.9. The van der Waals surface area contributed by atoms with E-state index in [2.05, 4.69) is 34.1 Å². The Kier molecular flexibility index (Phi) is 7.96. The topological polar surface area (TPSA) is 54.4 Å². The van der Waals surface area contributed by atoms with Crippen molar-refractivity contribution in [3.8, 4) is 11.5 Å². The van der Waals surface area contributed by atoms with Gasteiger partial charge in [0.05, 0.1) is 26.4 Å². The highest BCUT2D eigenvalue weighted by molar-refractivity contribution is 5.46. The van der Waals surface area contributed by atoms with Crippen molar-refractivity contribution in [3.63, 3.8) is 0 Å². The molecule has 28 heavy (non-hydrogen) atoms. The first-order valence-electron chi connectivity index (χ1n) is 9.79. The van der Waals surface area contributed by atoms with E-state index in [4.69, 9.17) is 14.2 Å². The number of anilines is 1. The maximum absolute atomic E-state index is 10.2. The lowest BCUT2D eigenvalue weighted by atomic mass is 10.2. The molecule has 0 bridgehead atoms. The van der Waals surface area contributed by atoms with Gasteiger partial charge in [-0.2, -0.15) is 0 Å². The van der Waals surface area contributed by atoms with Crippen LogP contribution >= 0.6 is 0 Å². The molecule has 6 heteroatoms. The number of aliphatic hydroxyl groups excluding tert-OH is 1. The van der Waals surface area contributed by atoms with Gasteiger partial charge in [-0.05, 0) is 24.3 Å². The standard InChI is InChI=1S/C22H30N2O4/c1-26-21-8-5-9-22(16-21)28-15-14-27-18-20(25)17-23-10-12-24(13-11-23)19-6-3-2-4-7-19/h2-9,16,20,25H,10-15,17-18H2,1H3.